The van der Waals surface area contributed by atoms with Crippen molar-refractivity contribution in [1.29, 1.82) is 0 Å². The van der Waals surface area contributed by atoms with Crippen molar-refractivity contribution in [3.63, 3.8) is 0 Å². The molecule has 0 fully saturated rings. The summed E-state index contributed by atoms with van der Waals surface area (Å²) in [6.45, 7) is 1.91. The molecule has 1 rings (SSSR count). The summed E-state index contributed by atoms with van der Waals surface area (Å²) in [6.07, 6.45) is 3.93. The highest BCUT2D eigenvalue weighted by molar-refractivity contribution is 7.99. The minimum absolute atomic E-state index is 0.736. The molecule has 1 aromatic rings. The van der Waals surface area contributed by atoms with Crippen molar-refractivity contribution < 1.29 is 0 Å². The largest absolute Gasteiger partial charge is 0.213 e. The fraction of sp³-hybridized carbons (Fsp3) is 0.500. The van der Waals surface area contributed by atoms with Gasteiger partial charge in [0.15, 0.2) is 0 Å². The van der Waals surface area contributed by atoms with E-state index in [1.54, 1.807) is 11.8 Å². The molecule has 0 aromatic carbocycles. The minimum atomic E-state index is 0.736. The third-order valence-corrected chi connectivity index (χ3v) is 2.48. The van der Waals surface area contributed by atoms with Crippen LogP contribution in [-0.4, -0.2) is 27.7 Å². The van der Waals surface area contributed by atoms with Crippen LogP contribution < -0.4 is 0 Å². The molecule has 0 spiro atoms. The molecule has 0 atom stereocenters. The summed E-state index contributed by atoms with van der Waals surface area (Å²) in [6, 6.07) is 0. The highest BCUT2D eigenvalue weighted by Crippen LogP contribution is 2.16. The van der Waals surface area contributed by atoms with E-state index in [1.807, 2.05) is 19.4 Å². The van der Waals surface area contributed by atoms with Crippen molar-refractivity contribution in [2.45, 2.75) is 17.1 Å². The number of nitrogens with zero attached hydrogens (tertiary/aromatic N) is 3. The average Bonchev–Trinajstić information content (AvgIpc) is 2.05. The SMILES string of the molecule is CSc1nnc(C)c(SC)n1. The van der Waals surface area contributed by atoms with Crippen LogP contribution in [0.3, 0.4) is 0 Å². The van der Waals surface area contributed by atoms with Gasteiger partial charge in [-0.25, -0.2) is 4.98 Å². The molecule has 0 saturated carbocycles. The van der Waals surface area contributed by atoms with Crippen molar-refractivity contribution in [1.82, 2.24) is 15.2 Å². The summed E-state index contributed by atoms with van der Waals surface area (Å²) < 4.78 is 0. The Labute approximate surface area is 74.4 Å². The van der Waals surface area contributed by atoms with Crippen molar-refractivity contribution in [2.75, 3.05) is 12.5 Å². The first-order valence-corrected chi connectivity index (χ1v) is 5.52. The minimum Gasteiger partial charge on any atom is -0.213 e. The number of thioether (sulfide) groups is 2. The van der Waals surface area contributed by atoms with Crippen LogP contribution in [0.25, 0.3) is 0 Å². The lowest BCUT2D eigenvalue weighted by Crippen LogP contribution is -1.95. The normalized spacial score (nSPS) is 10.1. The van der Waals surface area contributed by atoms with E-state index in [0.717, 1.165) is 15.9 Å². The van der Waals surface area contributed by atoms with E-state index in [-0.39, 0.29) is 0 Å². The van der Waals surface area contributed by atoms with Gasteiger partial charge in [-0.3, -0.25) is 0 Å². The Morgan fingerprint density at radius 3 is 2.36 bits per heavy atom. The molecule has 0 aliphatic heterocycles. The van der Waals surface area contributed by atoms with E-state index in [0.29, 0.717) is 0 Å². The second kappa shape index (κ2) is 3.92. The molecule has 0 amide bonds. The lowest BCUT2D eigenvalue weighted by Gasteiger charge is -1.99. The molecular formula is C6H9N3S2. The molecule has 0 N–H and O–H groups in total. The van der Waals surface area contributed by atoms with E-state index in [9.17, 15) is 0 Å². The van der Waals surface area contributed by atoms with Crippen molar-refractivity contribution in [3.05, 3.63) is 5.69 Å². The third kappa shape index (κ3) is 2.07. The van der Waals surface area contributed by atoms with Gasteiger partial charge < -0.3 is 0 Å². The molecule has 1 heterocycles. The Kier molecular flexibility index (Phi) is 3.14. The molecule has 11 heavy (non-hydrogen) atoms. The van der Waals surface area contributed by atoms with E-state index < -0.39 is 0 Å². The Bertz CT molecular complexity index is 252. The number of aromatic nitrogens is 3. The van der Waals surface area contributed by atoms with Crippen LogP contribution in [0.2, 0.25) is 0 Å². The maximum absolute atomic E-state index is 4.26. The number of hydrogen-bond acceptors (Lipinski definition) is 5. The Hall–Kier alpha value is -0.290. The molecule has 0 bridgehead atoms. The quantitative estimate of drug-likeness (QED) is 0.658. The molecule has 0 saturated heterocycles. The average molecular weight is 187 g/mol. The maximum Gasteiger partial charge on any atom is 0.209 e. The zero-order chi connectivity index (χ0) is 8.27. The lowest BCUT2D eigenvalue weighted by atomic mass is 10.5. The zero-order valence-electron chi connectivity index (χ0n) is 6.66. The molecule has 0 unspecified atom stereocenters. The van der Waals surface area contributed by atoms with Gasteiger partial charge in [0, 0.05) is 0 Å². The van der Waals surface area contributed by atoms with Crippen molar-refractivity contribution in [3.8, 4) is 0 Å². The maximum atomic E-state index is 4.26. The Morgan fingerprint density at radius 1 is 1.09 bits per heavy atom. The summed E-state index contributed by atoms with van der Waals surface area (Å²) in [5.41, 5.74) is 0.898. The molecule has 0 aliphatic carbocycles. The molecular weight excluding hydrogens is 178 g/mol. The smallest absolute Gasteiger partial charge is 0.209 e. The fourth-order valence-electron chi connectivity index (χ4n) is 0.630. The van der Waals surface area contributed by atoms with E-state index in [2.05, 4.69) is 15.2 Å². The topological polar surface area (TPSA) is 38.7 Å². The summed E-state index contributed by atoms with van der Waals surface area (Å²) in [5, 5.41) is 9.56. The molecule has 5 heteroatoms. The highest BCUT2D eigenvalue weighted by Gasteiger charge is 2.01. The third-order valence-electron chi connectivity index (χ3n) is 1.17. The first-order valence-electron chi connectivity index (χ1n) is 3.07. The summed E-state index contributed by atoms with van der Waals surface area (Å²) in [7, 11) is 0. The van der Waals surface area contributed by atoms with E-state index in [4.69, 9.17) is 0 Å². The summed E-state index contributed by atoms with van der Waals surface area (Å²) >= 11 is 3.11. The van der Waals surface area contributed by atoms with Crippen LogP contribution in [-0.2, 0) is 0 Å². The first-order chi connectivity index (χ1) is 5.27. The van der Waals surface area contributed by atoms with Gasteiger partial charge in [-0.15, -0.1) is 16.9 Å². The Morgan fingerprint density at radius 2 is 1.82 bits per heavy atom. The van der Waals surface area contributed by atoms with E-state index >= 15 is 0 Å². The number of rotatable bonds is 2. The number of hydrogen-bond donors (Lipinski definition) is 0. The van der Waals surface area contributed by atoms with Gasteiger partial charge in [0.25, 0.3) is 0 Å². The Balaban J connectivity index is 3.02. The number of aryl methyl sites for hydroxylation is 1. The van der Waals surface area contributed by atoms with Gasteiger partial charge in [0.2, 0.25) is 5.16 Å². The molecule has 0 aliphatic rings. The van der Waals surface area contributed by atoms with Crippen LogP contribution >= 0.6 is 23.5 Å². The monoisotopic (exact) mass is 187 g/mol. The first kappa shape index (κ1) is 8.80. The molecule has 0 radical (unpaired) electrons. The lowest BCUT2D eigenvalue weighted by molar-refractivity contribution is 0.756. The van der Waals surface area contributed by atoms with Crippen LogP contribution in [0, 0.1) is 6.92 Å². The van der Waals surface area contributed by atoms with Crippen molar-refractivity contribution >= 4 is 23.5 Å². The zero-order valence-corrected chi connectivity index (χ0v) is 8.29. The molecule has 1 aromatic heterocycles. The van der Waals surface area contributed by atoms with Gasteiger partial charge in [-0.1, -0.05) is 11.8 Å². The molecule has 3 nitrogen and oxygen atoms in total. The van der Waals surface area contributed by atoms with Gasteiger partial charge in [0.05, 0.1) is 5.69 Å². The van der Waals surface area contributed by atoms with Gasteiger partial charge >= 0.3 is 0 Å². The van der Waals surface area contributed by atoms with Gasteiger partial charge in [-0.05, 0) is 19.4 Å². The van der Waals surface area contributed by atoms with Crippen LogP contribution in [0.15, 0.2) is 10.2 Å². The van der Waals surface area contributed by atoms with Crippen molar-refractivity contribution in [2.24, 2.45) is 0 Å². The predicted molar refractivity (Wildman–Crippen MR) is 48.1 cm³/mol. The van der Waals surface area contributed by atoms with Gasteiger partial charge in [-0.2, -0.15) is 5.10 Å². The van der Waals surface area contributed by atoms with Crippen LogP contribution in [0.1, 0.15) is 5.69 Å². The summed E-state index contributed by atoms with van der Waals surface area (Å²) in [4.78, 5) is 4.26. The van der Waals surface area contributed by atoms with E-state index in [1.165, 1.54) is 11.8 Å². The van der Waals surface area contributed by atoms with Gasteiger partial charge in [0.1, 0.15) is 5.03 Å². The second-order valence-electron chi connectivity index (χ2n) is 1.89. The standard InChI is InChI=1S/C6H9N3S2/c1-4-5(10-2)7-6(11-3)9-8-4/h1-3H3. The van der Waals surface area contributed by atoms with Crippen LogP contribution in [0.4, 0.5) is 0 Å². The summed E-state index contributed by atoms with van der Waals surface area (Å²) in [5.74, 6) is 0. The molecule has 60 valence electrons. The fourth-order valence-corrected chi connectivity index (χ4v) is 1.51. The highest BCUT2D eigenvalue weighted by atomic mass is 32.2. The predicted octanol–water partition coefficient (Wildman–Crippen LogP) is 1.62. The van der Waals surface area contributed by atoms with Crippen LogP contribution in [0.5, 0.6) is 0 Å². The second-order valence-corrected chi connectivity index (χ2v) is 3.46.